The molecule has 0 aliphatic rings. The quantitative estimate of drug-likeness (QED) is 0.787. The van der Waals surface area contributed by atoms with E-state index in [1.54, 1.807) is 12.1 Å². The first-order chi connectivity index (χ1) is 9.04. The van der Waals surface area contributed by atoms with Crippen molar-refractivity contribution in [3.05, 3.63) is 57.0 Å². The van der Waals surface area contributed by atoms with Gasteiger partial charge in [-0.2, -0.15) is 0 Å². The van der Waals surface area contributed by atoms with Crippen molar-refractivity contribution in [3.8, 4) is 0 Å². The van der Waals surface area contributed by atoms with Crippen molar-refractivity contribution >= 4 is 49.1 Å². The fourth-order valence-electron chi connectivity index (χ4n) is 1.61. The molecule has 0 saturated heterocycles. The number of hydrogen-bond acceptors (Lipinski definition) is 2. The Balaban J connectivity index is 2.05. The highest BCUT2D eigenvalue weighted by Crippen LogP contribution is 2.26. The summed E-state index contributed by atoms with van der Waals surface area (Å²) in [5.74, 6) is -0.0661. The Labute approximate surface area is 128 Å². The van der Waals surface area contributed by atoms with Gasteiger partial charge in [0.25, 0.3) is 0 Å². The molecule has 2 aromatic carbocycles. The van der Waals surface area contributed by atoms with E-state index in [1.165, 1.54) is 0 Å². The Morgan fingerprint density at radius 2 is 1.79 bits per heavy atom. The predicted octanol–water partition coefficient (Wildman–Crippen LogP) is 3.98. The van der Waals surface area contributed by atoms with E-state index in [0.29, 0.717) is 12.1 Å². The van der Waals surface area contributed by atoms with Crippen LogP contribution in [0, 0.1) is 0 Å². The van der Waals surface area contributed by atoms with Crippen LogP contribution in [0.5, 0.6) is 0 Å². The van der Waals surface area contributed by atoms with E-state index in [1.807, 2.05) is 30.3 Å². The second-order valence-electron chi connectivity index (χ2n) is 4.09. The zero-order chi connectivity index (χ0) is 13.8. The third-order valence-electron chi connectivity index (χ3n) is 2.55. The lowest BCUT2D eigenvalue weighted by molar-refractivity contribution is -0.115. The minimum Gasteiger partial charge on any atom is -0.399 e. The summed E-state index contributed by atoms with van der Waals surface area (Å²) < 4.78 is 1.76. The van der Waals surface area contributed by atoms with Crippen molar-refractivity contribution in [1.82, 2.24) is 0 Å². The highest BCUT2D eigenvalue weighted by Gasteiger charge is 2.07. The van der Waals surface area contributed by atoms with Crippen molar-refractivity contribution < 1.29 is 4.79 Å². The predicted molar refractivity (Wildman–Crippen MR) is 85.0 cm³/mol. The zero-order valence-corrected chi connectivity index (χ0v) is 13.2. The minimum atomic E-state index is -0.0661. The van der Waals surface area contributed by atoms with Gasteiger partial charge in [-0.1, -0.05) is 28.1 Å². The molecule has 0 saturated carbocycles. The zero-order valence-electron chi connectivity index (χ0n) is 9.99. The van der Waals surface area contributed by atoms with Gasteiger partial charge < -0.3 is 11.1 Å². The standard InChI is InChI=1S/C14H12Br2N2O/c15-10-3-6-12(16)13(8-10)18-14(19)7-9-1-4-11(17)5-2-9/h1-6,8H,7,17H2,(H,18,19). The van der Waals surface area contributed by atoms with Gasteiger partial charge in [-0.3, -0.25) is 4.79 Å². The molecule has 3 nitrogen and oxygen atoms in total. The molecular weight excluding hydrogens is 372 g/mol. The number of benzene rings is 2. The Hall–Kier alpha value is -1.33. The van der Waals surface area contributed by atoms with E-state index in [9.17, 15) is 4.79 Å². The van der Waals surface area contributed by atoms with E-state index in [0.717, 1.165) is 20.2 Å². The Morgan fingerprint density at radius 3 is 2.47 bits per heavy atom. The average Bonchev–Trinajstić information content (AvgIpc) is 2.37. The maximum absolute atomic E-state index is 12.0. The van der Waals surface area contributed by atoms with Crippen molar-refractivity contribution in [2.75, 3.05) is 11.1 Å². The Morgan fingerprint density at radius 1 is 1.11 bits per heavy atom. The first-order valence-electron chi connectivity index (χ1n) is 5.64. The molecular formula is C14H12Br2N2O. The number of halogens is 2. The van der Waals surface area contributed by atoms with Crippen LogP contribution in [0.3, 0.4) is 0 Å². The van der Waals surface area contributed by atoms with Crippen molar-refractivity contribution in [2.24, 2.45) is 0 Å². The summed E-state index contributed by atoms with van der Waals surface area (Å²) in [6, 6.07) is 12.9. The van der Waals surface area contributed by atoms with Crippen molar-refractivity contribution in [2.45, 2.75) is 6.42 Å². The molecule has 0 atom stereocenters. The largest absolute Gasteiger partial charge is 0.399 e. The van der Waals surface area contributed by atoms with E-state index in [4.69, 9.17) is 5.73 Å². The summed E-state index contributed by atoms with van der Waals surface area (Å²) in [6.07, 6.45) is 0.319. The molecule has 0 aromatic heterocycles. The molecule has 1 amide bonds. The summed E-state index contributed by atoms with van der Waals surface area (Å²) in [6.45, 7) is 0. The summed E-state index contributed by atoms with van der Waals surface area (Å²) >= 11 is 6.78. The number of nitrogen functional groups attached to an aromatic ring is 1. The maximum Gasteiger partial charge on any atom is 0.228 e. The summed E-state index contributed by atoms with van der Waals surface area (Å²) in [5.41, 5.74) is 7.97. The number of amides is 1. The number of anilines is 2. The summed E-state index contributed by atoms with van der Waals surface area (Å²) in [4.78, 5) is 12.0. The molecule has 0 spiro atoms. The molecule has 0 aliphatic carbocycles. The topological polar surface area (TPSA) is 55.1 Å². The number of carbonyl (C=O) groups excluding carboxylic acids is 1. The van der Waals surface area contributed by atoms with Crippen LogP contribution in [-0.4, -0.2) is 5.91 Å². The lowest BCUT2D eigenvalue weighted by Crippen LogP contribution is -2.14. The normalized spacial score (nSPS) is 10.2. The maximum atomic E-state index is 12.0. The van der Waals surface area contributed by atoms with E-state index < -0.39 is 0 Å². The third kappa shape index (κ3) is 4.08. The van der Waals surface area contributed by atoms with Crippen LogP contribution in [0.2, 0.25) is 0 Å². The van der Waals surface area contributed by atoms with Crippen LogP contribution in [0.25, 0.3) is 0 Å². The molecule has 0 radical (unpaired) electrons. The van der Waals surface area contributed by atoms with Crippen LogP contribution < -0.4 is 11.1 Å². The highest BCUT2D eigenvalue weighted by molar-refractivity contribution is 9.11. The molecule has 0 aliphatic heterocycles. The molecule has 98 valence electrons. The number of carbonyl (C=O) groups is 1. The number of nitrogens with one attached hydrogen (secondary N) is 1. The molecule has 0 fully saturated rings. The van der Waals surface area contributed by atoms with Crippen molar-refractivity contribution in [3.63, 3.8) is 0 Å². The minimum absolute atomic E-state index is 0.0661. The van der Waals surface area contributed by atoms with E-state index >= 15 is 0 Å². The molecule has 19 heavy (non-hydrogen) atoms. The van der Waals surface area contributed by atoms with Gasteiger partial charge in [0, 0.05) is 14.6 Å². The van der Waals surface area contributed by atoms with Crippen LogP contribution in [0.15, 0.2) is 51.4 Å². The molecule has 2 aromatic rings. The first-order valence-corrected chi connectivity index (χ1v) is 7.22. The van der Waals surface area contributed by atoms with Gasteiger partial charge in [-0.25, -0.2) is 0 Å². The van der Waals surface area contributed by atoms with Crippen LogP contribution in [-0.2, 0) is 11.2 Å². The Bertz CT molecular complexity index is 597. The lowest BCUT2D eigenvalue weighted by atomic mass is 10.1. The Kier molecular flexibility index (Phi) is 4.61. The van der Waals surface area contributed by atoms with Gasteiger partial charge in [0.1, 0.15) is 0 Å². The van der Waals surface area contributed by atoms with Crippen molar-refractivity contribution in [1.29, 1.82) is 0 Å². The third-order valence-corrected chi connectivity index (χ3v) is 3.73. The number of nitrogens with two attached hydrogens (primary N) is 1. The van der Waals surface area contributed by atoms with Crippen LogP contribution in [0.4, 0.5) is 11.4 Å². The molecule has 0 heterocycles. The summed E-state index contributed by atoms with van der Waals surface area (Å²) in [7, 11) is 0. The number of hydrogen-bond donors (Lipinski definition) is 2. The molecule has 2 rings (SSSR count). The fraction of sp³-hybridized carbons (Fsp3) is 0.0714. The van der Waals surface area contributed by atoms with Gasteiger partial charge in [-0.05, 0) is 51.8 Å². The second-order valence-corrected chi connectivity index (χ2v) is 5.86. The van der Waals surface area contributed by atoms with Crippen LogP contribution >= 0.6 is 31.9 Å². The van der Waals surface area contributed by atoms with Gasteiger partial charge in [0.2, 0.25) is 5.91 Å². The van der Waals surface area contributed by atoms with E-state index in [-0.39, 0.29) is 5.91 Å². The fourth-order valence-corrected chi connectivity index (χ4v) is 2.32. The van der Waals surface area contributed by atoms with Gasteiger partial charge in [0.15, 0.2) is 0 Å². The second kappa shape index (κ2) is 6.21. The molecule has 5 heteroatoms. The highest BCUT2D eigenvalue weighted by atomic mass is 79.9. The van der Waals surface area contributed by atoms with Gasteiger partial charge >= 0.3 is 0 Å². The van der Waals surface area contributed by atoms with Crippen LogP contribution in [0.1, 0.15) is 5.56 Å². The molecule has 0 unspecified atom stereocenters. The molecule has 0 bridgehead atoms. The number of rotatable bonds is 3. The monoisotopic (exact) mass is 382 g/mol. The van der Waals surface area contributed by atoms with E-state index in [2.05, 4.69) is 37.2 Å². The first kappa shape index (κ1) is 14.1. The summed E-state index contributed by atoms with van der Waals surface area (Å²) in [5, 5.41) is 2.87. The van der Waals surface area contributed by atoms with Gasteiger partial charge in [0.05, 0.1) is 12.1 Å². The molecule has 3 N–H and O–H groups in total. The average molecular weight is 384 g/mol. The SMILES string of the molecule is Nc1ccc(CC(=O)Nc2cc(Br)ccc2Br)cc1. The lowest BCUT2D eigenvalue weighted by Gasteiger charge is -2.08. The van der Waals surface area contributed by atoms with Gasteiger partial charge in [-0.15, -0.1) is 0 Å². The smallest absolute Gasteiger partial charge is 0.228 e.